The van der Waals surface area contributed by atoms with Gasteiger partial charge in [-0.2, -0.15) is 5.10 Å². The molecule has 0 atom stereocenters. The highest BCUT2D eigenvalue weighted by atomic mass is 35.5. The number of nitrogens with two attached hydrogens (primary N) is 1. The topological polar surface area (TPSA) is 90.0 Å². The second kappa shape index (κ2) is 5.82. The van der Waals surface area contributed by atoms with Crippen molar-refractivity contribution in [2.24, 2.45) is 7.05 Å². The first kappa shape index (κ1) is 14.8. The number of sulfonamides is 1. The van der Waals surface area contributed by atoms with Crippen LogP contribution in [0.4, 0.5) is 5.82 Å². The van der Waals surface area contributed by atoms with E-state index in [2.05, 4.69) is 9.82 Å². The number of nitrogens with zero attached hydrogens (tertiary/aromatic N) is 2. The van der Waals surface area contributed by atoms with E-state index in [1.54, 1.807) is 19.2 Å². The Balaban J connectivity index is 1.99. The SMILES string of the molecule is Cn1cc(S(=O)(=O)NCCc2ccc(Cl)cc2)c(N)n1. The molecule has 0 spiro atoms. The van der Waals surface area contributed by atoms with Gasteiger partial charge in [0.15, 0.2) is 5.82 Å². The molecule has 0 saturated heterocycles. The zero-order valence-corrected chi connectivity index (χ0v) is 12.4. The molecule has 6 nitrogen and oxygen atoms in total. The summed E-state index contributed by atoms with van der Waals surface area (Å²) in [5.74, 6) is -0.00788. The third-order valence-electron chi connectivity index (χ3n) is 2.73. The lowest BCUT2D eigenvalue weighted by Crippen LogP contribution is -2.26. The summed E-state index contributed by atoms with van der Waals surface area (Å²) >= 11 is 5.78. The molecule has 108 valence electrons. The highest BCUT2D eigenvalue weighted by Gasteiger charge is 2.19. The van der Waals surface area contributed by atoms with Crippen LogP contribution in [0.2, 0.25) is 5.02 Å². The van der Waals surface area contributed by atoms with E-state index in [-0.39, 0.29) is 17.3 Å². The van der Waals surface area contributed by atoms with Crippen molar-refractivity contribution in [3.63, 3.8) is 0 Å². The van der Waals surface area contributed by atoms with E-state index in [0.717, 1.165) is 5.56 Å². The van der Waals surface area contributed by atoms with Crippen molar-refractivity contribution >= 4 is 27.4 Å². The standard InChI is InChI=1S/C12H15ClN4O2S/c1-17-8-11(12(14)16-17)20(18,19)15-7-6-9-2-4-10(13)5-3-9/h2-5,8,15H,6-7H2,1H3,(H2,14,16). The van der Waals surface area contributed by atoms with Gasteiger partial charge in [-0.1, -0.05) is 23.7 Å². The Morgan fingerprint density at radius 1 is 1.35 bits per heavy atom. The summed E-state index contributed by atoms with van der Waals surface area (Å²) in [6, 6.07) is 7.25. The second-order valence-electron chi connectivity index (χ2n) is 4.33. The van der Waals surface area contributed by atoms with E-state index in [9.17, 15) is 8.42 Å². The number of nitrogen functional groups attached to an aromatic ring is 1. The summed E-state index contributed by atoms with van der Waals surface area (Å²) in [7, 11) is -2.02. The van der Waals surface area contributed by atoms with Crippen LogP contribution in [0.3, 0.4) is 0 Å². The molecule has 1 heterocycles. The van der Waals surface area contributed by atoms with Gasteiger partial charge in [0, 0.05) is 24.8 Å². The molecule has 0 amide bonds. The minimum atomic E-state index is -3.63. The average Bonchev–Trinajstić information content (AvgIpc) is 2.72. The second-order valence-corrected chi connectivity index (χ2v) is 6.50. The number of hydrogen-bond acceptors (Lipinski definition) is 4. The van der Waals surface area contributed by atoms with Crippen LogP contribution in [-0.2, 0) is 23.5 Å². The molecule has 3 N–H and O–H groups in total. The van der Waals surface area contributed by atoms with Crippen LogP contribution in [0, 0.1) is 0 Å². The number of aromatic nitrogens is 2. The van der Waals surface area contributed by atoms with E-state index in [1.165, 1.54) is 10.9 Å². The van der Waals surface area contributed by atoms with Crippen molar-refractivity contribution < 1.29 is 8.42 Å². The highest BCUT2D eigenvalue weighted by molar-refractivity contribution is 7.89. The summed E-state index contributed by atoms with van der Waals surface area (Å²) in [5.41, 5.74) is 6.56. The minimum Gasteiger partial charge on any atom is -0.381 e. The zero-order chi connectivity index (χ0) is 14.8. The quantitative estimate of drug-likeness (QED) is 0.867. The van der Waals surface area contributed by atoms with Gasteiger partial charge in [-0.05, 0) is 24.1 Å². The summed E-state index contributed by atoms with van der Waals surface area (Å²) < 4.78 is 28.0. The van der Waals surface area contributed by atoms with Crippen molar-refractivity contribution in [1.29, 1.82) is 0 Å². The molecule has 1 aromatic carbocycles. The van der Waals surface area contributed by atoms with Gasteiger partial charge < -0.3 is 5.73 Å². The molecule has 0 aliphatic rings. The smallest absolute Gasteiger partial charge is 0.245 e. The van der Waals surface area contributed by atoms with Gasteiger partial charge in [0.1, 0.15) is 4.90 Å². The first-order chi connectivity index (χ1) is 9.38. The van der Waals surface area contributed by atoms with Gasteiger partial charge in [0.25, 0.3) is 0 Å². The van der Waals surface area contributed by atoms with E-state index >= 15 is 0 Å². The average molecular weight is 315 g/mol. The van der Waals surface area contributed by atoms with Crippen LogP contribution in [0.15, 0.2) is 35.4 Å². The van der Waals surface area contributed by atoms with Gasteiger partial charge in [-0.3, -0.25) is 4.68 Å². The molecule has 0 saturated carbocycles. The predicted molar refractivity (Wildman–Crippen MR) is 78.0 cm³/mol. The van der Waals surface area contributed by atoms with Crippen LogP contribution in [0.5, 0.6) is 0 Å². The summed E-state index contributed by atoms with van der Waals surface area (Å²) in [6.07, 6.45) is 1.94. The highest BCUT2D eigenvalue weighted by Crippen LogP contribution is 2.15. The number of aryl methyl sites for hydroxylation is 1. The number of nitrogens with one attached hydrogen (secondary N) is 1. The van der Waals surface area contributed by atoms with Crippen LogP contribution in [0.1, 0.15) is 5.56 Å². The maximum absolute atomic E-state index is 12.0. The Morgan fingerprint density at radius 3 is 2.55 bits per heavy atom. The Hall–Kier alpha value is -1.57. The summed E-state index contributed by atoms with van der Waals surface area (Å²) in [5, 5.41) is 4.46. The van der Waals surface area contributed by atoms with E-state index in [0.29, 0.717) is 11.4 Å². The van der Waals surface area contributed by atoms with Crippen LogP contribution >= 0.6 is 11.6 Å². The Bertz CT molecular complexity index is 695. The minimum absolute atomic E-state index is 0.00361. The number of hydrogen-bond donors (Lipinski definition) is 2. The molecule has 2 aromatic rings. The lowest BCUT2D eigenvalue weighted by molar-refractivity contribution is 0.582. The third kappa shape index (κ3) is 3.50. The van der Waals surface area contributed by atoms with Gasteiger partial charge in [-0.25, -0.2) is 13.1 Å². The fraction of sp³-hybridized carbons (Fsp3) is 0.250. The molecule has 20 heavy (non-hydrogen) atoms. The normalized spacial score (nSPS) is 11.7. The molecule has 2 rings (SSSR count). The predicted octanol–water partition coefficient (Wildman–Crippen LogP) is 1.18. The lowest BCUT2D eigenvalue weighted by atomic mass is 10.2. The Morgan fingerprint density at radius 2 is 2.00 bits per heavy atom. The van der Waals surface area contributed by atoms with E-state index in [4.69, 9.17) is 17.3 Å². The lowest BCUT2D eigenvalue weighted by Gasteiger charge is -2.05. The largest absolute Gasteiger partial charge is 0.381 e. The monoisotopic (exact) mass is 314 g/mol. The molecule has 0 fully saturated rings. The summed E-state index contributed by atoms with van der Waals surface area (Å²) in [4.78, 5) is -0.00361. The fourth-order valence-corrected chi connectivity index (χ4v) is 3.01. The molecular formula is C12H15ClN4O2S. The molecular weight excluding hydrogens is 300 g/mol. The van der Waals surface area contributed by atoms with Crippen LogP contribution < -0.4 is 10.5 Å². The van der Waals surface area contributed by atoms with Crippen molar-refractivity contribution in [3.8, 4) is 0 Å². The van der Waals surface area contributed by atoms with Gasteiger partial charge in [0.05, 0.1) is 0 Å². The number of anilines is 1. The molecule has 0 radical (unpaired) electrons. The Labute approximate surface area is 122 Å². The van der Waals surface area contributed by atoms with Crippen molar-refractivity contribution in [2.75, 3.05) is 12.3 Å². The molecule has 1 aromatic heterocycles. The zero-order valence-electron chi connectivity index (χ0n) is 10.9. The van der Waals surface area contributed by atoms with Crippen LogP contribution in [0.25, 0.3) is 0 Å². The van der Waals surface area contributed by atoms with E-state index in [1.807, 2.05) is 12.1 Å². The molecule has 8 heteroatoms. The van der Waals surface area contributed by atoms with Crippen molar-refractivity contribution in [1.82, 2.24) is 14.5 Å². The Kier molecular flexibility index (Phi) is 4.32. The third-order valence-corrected chi connectivity index (χ3v) is 4.46. The number of halogens is 1. The van der Waals surface area contributed by atoms with Gasteiger partial charge in [0.2, 0.25) is 10.0 Å². The van der Waals surface area contributed by atoms with Gasteiger partial charge >= 0.3 is 0 Å². The fourth-order valence-electron chi connectivity index (χ4n) is 1.75. The molecule has 0 aliphatic carbocycles. The first-order valence-corrected chi connectivity index (χ1v) is 7.78. The number of benzene rings is 1. The molecule has 0 unspecified atom stereocenters. The summed E-state index contributed by atoms with van der Waals surface area (Å²) in [6.45, 7) is 0.276. The van der Waals surface area contributed by atoms with Crippen molar-refractivity contribution in [3.05, 3.63) is 41.0 Å². The maximum Gasteiger partial charge on any atom is 0.245 e. The molecule has 0 aliphatic heterocycles. The molecule has 0 bridgehead atoms. The maximum atomic E-state index is 12.0. The van der Waals surface area contributed by atoms with E-state index < -0.39 is 10.0 Å². The first-order valence-electron chi connectivity index (χ1n) is 5.92. The number of rotatable bonds is 5. The van der Waals surface area contributed by atoms with Crippen LogP contribution in [-0.4, -0.2) is 24.7 Å². The van der Waals surface area contributed by atoms with Gasteiger partial charge in [-0.15, -0.1) is 0 Å². The van der Waals surface area contributed by atoms with Crippen molar-refractivity contribution in [2.45, 2.75) is 11.3 Å².